The van der Waals surface area contributed by atoms with E-state index in [4.69, 9.17) is 0 Å². The zero-order valence-corrected chi connectivity index (χ0v) is 15.7. The van der Waals surface area contributed by atoms with E-state index in [9.17, 15) is 9.50 Å². The van der Waals surface area contributed by atoms with Gasteiger partial charge in [-0.05, 0) is 78.5 Å². The summed E-state index contributed by atoms with van der Waals surface area (Å²) < 4.78 is 15.3. The number of pyridine rings is 1. The molecule has 128 valence electrons. The Kier molecular flexibility index (Phi) is 4.67. The second-order valence-corrected chi connectivity index (χ2v) is 8.05. The van der Waals surface area contributed by atoms with Gasteiger partial charge in [0.25, 0.3) is 0 Å². The summed E-state index contributed by atoms with van der Waals surface area (Å²) in [4.78, 5) is 6.74. The number of alkyl halides is 1. The first-order chi connectivity index (χ1) is 11.2. The molecule has 5 heteroatoms. The Hall–Kier alpha value is -1.46. The molecule has 0 unspecified atom stereocenters. The number of halogens is 2. The van der Waals surface area contributed by atoms with E-state index in [1.807, 2.05) is 24.3 Å². The zero-order valence-electron chi connectivity index (χ0n) is 14.1. The van der Waals surface area contributed by atoms with Crippen LogP contribution in [0.2, 0.25) is 0 Å². The van der Waals surface area contributed by atoms with Gasteiger partial charge >= 0.3 is 0 Å². The molecule has 1 aromatic heterocycles. The van der Waals surface area contributed by atoms with Gasteiger partial charge in [-0.25, -0.2) is 4.39 Å². The number of benzene rings is 1. The van der Waals surface area contributed by atoms with Crippen molar-refractivity contribution in [3.63, 3.8) is 0 Å². The van der Waals surface area contributed by atoms with Gasteiger partial charge in [-0.1, -0.05) is 6.07 Å². The first-order valence-corrected chi connectivity index (χ1v) is 8.92. The van der Waals surface area contributed by atoms with Crippen LogP contribution in [0.4, 0.5) is 4.39 Å². The van der Waals surface area contributed by atoms with E-state index in [-0.39, 0.29) is 17.8 Å². The molecule has 0 radical (unpaired) electrons. The van der Waals surface area contributed by atoms with Crippen LogP contribution in [-0.4, -0.2) is 33.2 Å². The number of aromatic nitrogens is 1. The van der Waals surface area contributed by atoms with Crippen molar-refractivity contribution in [3.05, 3.63) is 57.8 Å². The molecule has 0 aliphatic carbocycles. The van der Waals surface area contributed by atoms with Gasteiger partial charge in [0, 0.05) is 23.3 Å². The average Bonchev–Trinajstić information content (AvgIpc) is 2.48. The number of phenols is 1. The molecular weight excluding hydrogens is 371 g/mol. The highest BCUT2D eigenvalue weighted by atomic mass is 79.9. The Morgan fingerprint density at radius 2 is 2.08 bits per heavy atom. The largest absolute Gasteiger partial charge is 0.508 e. The Balaban J connectivity index is 2.11. The number of rotatable bonds is 3. The SMILES string of the molecule is C[C@@H]1Cc2cc(O)ccc2[C@@H](c2ccc(Br)cn2)N1CC(C)(C)F. The lowest BCUT2D eigenvalue weighted by Gasteiger charge is -2.43. The van der Waals surface area contributed by atoms with Crippen LogP contribution in [0.1, 0.15) is 43.6 Å². The Labute approximate surface area is 150 Å². The van der Waals surface area contributed by atoms with E-state index < -0.39 is 5.67 Å². The fraction of sp³-hybridized carbons (Fsp3) is 0.421. The summed E-state index contributed by atoms with van der Waals surface area (Å²) in [7, 11) is 0. The summed E-state index contributed by atoms with van der Waals surface area (Å²) in [6.07, 6.45) is 2.56. The van der Waals surface area contributed by atoms with Crippen molar-refractivity contribution < 1.29 is 9.50 Å². The van der Waals surface area contributed by atoms with Crippen LogP contribution in [0.15, 0.2) is 41.0 Å². The van der Waals surface area contributed by atoms with Gasteiger partial charge in [0.05, 0.1) is 11.7 Å². The van der Waals surface area contributed by atoms with Crippen molar-refractivity contribution in [2.75, 3.05) is 6.54 Å². The predicted octanol–water partition coefficient (Wildman–Crippen LogP) is 4.63. The molecule has 3 rings (SSSR count). The van der Waals surface area contributed by atoms with E-state index in [1.165, 1.54) is 0 Å². The van der Waals surface area contributed by atoms with Crippen molar-refractivity contribution in [1.29, 1.82) is 0 Å². The second-order valence-electron chi connectivity index (χ2n) is 7.13. The monoisotopic (exact) mass is 392 g/mol. The smallest absolute Gasteiger partial charge is 0.118 e. The number of aromatic hydroxyl groups is 1. The number of nitrogens with zero attached hydrogens (tertiary/aromatic N) is 2. The second kappa shape index (κ2) is 6.45. The molecule has 0 saturated carbocycles. The van der Waals surface area contributed by atoms with Crippen molar-refractivity contribution in [3.8, 4) is 5.75 Å². The van der Waals surface area contributed by atoms with Gasteiger partial charge in [-0.3, -0.25) is 9.88 Å². The van der Waals surface area contributed by atoms with E-state index >= 15 is 0 Å². The number of hydrogen-bond acceptors (Lipinski definition) is 3. The lowest BCUT2D eigenvalue weighted by molar-refractivity contribution is 0.0663. The van der Waals surface area contributed by atoms with Crippen LogP contribution >= 0.6 is 15.9 Å². The third-order valence-corrected chi connectivity index (χ3v) is 4.89. The van der Waals surface area contributed by atoms with E-state index in [0.717, 1.165) is 27.7 Å². The fourth-order valence-corrected chi connectivity index (χ4v) is 3.70. The van der Waals surface area contributed by atoms with Gasteiger partial charge < -0.3 is 5.11 Å². The number of phenolic OH excluding ortho intramolecular Hbond substituents is 1. The molecular formula is C19H22BrFN2O. The molecule has 0 amide bonds. The molecule has 0 bridgehead atoms. The molecule has 1 aliphatic heterocycles. The van der Waals surface area contributed by atoms with Crippen molar-refractivity contribution in [2.24, 2.45) is 0 Å². The highest BCUT2D eigenvalue weighted by Gasteiger charge is 2.37. The Morgan fingerprint density at radius 1 is 1.33 bits per heavy atom. The number of fused-ring (bicyclic) bond motifs is 1. The maximum Gasteiger partial charge on any atom is 0.118 e. The number of hydrogen-bond donors (Lipinski definition) is 1. The van der Waals surface area contributed by atoms with E-state index in [2.05, 4.69) is 32.7 Å². The average molecular weight is 393 g/mol. The highest BCUT2D eigenvalue weighted by Crippen LogP contribution is 2.39. The van der Waals surface area contributed by atoms with E-state index in [1.54, 1.807) is 26.1 Å². The van der Waals surface area contributed by atoms with Crippen LogP contribution < -0.4 is 0 Å². The standard InChI is InChI=1S/C19H22BrFN2O/c1-12-8-13-9-15(24)5-6-16(13)18(23(12)11-19(2,3)21)17-7-4-14(20)10-22-17/h4-7,9-10,12,18,24H,8,11H2,1-3H3/t12-,18+/m1/s1. The molecule has 2 aromatic rings. The predicted molar refractivity (Wildman–Crippen MR) is 96.9 cm³/mol. The van der Waals surface area contributed by atoms with Crippen LogP contribution in [-0.2, 0) is 6.42 Å². The first-order valence-electron chi connectivity index (χ1n) is 8.12. The highest BCUT2D eigenvalue weighted by molar-refractivity contribution is 9.10. The van der Waals surface area contributed by atoms with Gasteiger partial charge in [-0.15, -0.1) is 0 Å². The summed E-state index contributed by atoms with van der Waals surface area (Å²) in [6.45, 7) is 5.65. The zero-order chi connectivity index (χ0) is 17.5. The Bertz CT molecular complexity index is 727. The summed E-state index contributed by atoms with van der Waals surface area (Å²) >= 11 is 3.42. The summed E-state index contributed by atoms with van der Waals surface area (Å²) in [5.41, 5.74) is 1.78. The molecule has 3 nitrogen and oxygen atoms in total. The molecule has 0 spiro atoms. The minimum Gasteiger partial charge on any atom is -0.508 e. The van der Waals surface area contributed by atoms with Crippen LogP contribution in [0.5, 0.6) is 5.75 Å². The lowest BCUT2D eigenvalue weighted by atomic mass is 9.86. The topological polar surface area (TPSA) is 36.4 Å². The van der Waals surface area contributed by atoms with Gasteiger partial charge in [0.15, 0.2) is 0 Å². The maximum absolute atomic E-state index is 14.4. The van der Waals surface area contributed by atoms with E-state index in [0.29, 0.717) is 6.54 Å². The molecule has 1 aliphatic rings. The molecule has 1 aromatic carbocycles. The van der Waals surface area contributed by atoms with Gasteiger partial charge in [0.2, 0.25) is 0 Å². The lowest BCUT2D eigenvalue weighted by Crippen LogP contribution is -2.48. The van der Waals surface area contributed by atoms with Crippen LogP contribution in [0.3, 0.4) is 0 Å². The van der Waals surface area contributed by atoms with Crippen LogP contribution in [0.25, 0.3) is 0 Å². The summed E-state index contributed by atoms with van der Waals surface area (Å²) in [5.74, 6) is 0.266. The van der Waals surface area contributed by atoms with Crippen molar-refractivity contribution >= 4 is 15.9 Å². The molecule has 2 heterocycles. The molecule has 24 heavy (non-hydrogen) atoms. The quantitative estimate of drug-likeness (QED) is 0.826. The molecule has 1 N–H and O–H groups in total. The minimum atomic E-state index is -1.30. The van der Waals surface area contributed by atoms with Gasteiger partial charge in [0.1, 0.15) is 11.4 Å². The first kappa shape index (κ1) is 17.4. The van der Waals surface area contributed by atoms with Gasteiger partial charge in [-0.2, -0.15) is 0 Å². The third kappa shape index (κ3) is 3.62. The summed E-state index contributed by atoms with van der Waals surface area (Å²) in [6, 6.07) is 9.41. The normalized spacial score (nSPS) is 21.5. The maximum atomic E-state index is 14.4. The Morgan fingerprint density at radius 3 is 2.71 bits per heavy atom. The van der Waals surface area contributed by atoms with Crippen molar-refractivity contribution in [2.45, 2.75) is 44.9 Å². The minimum absolute atomic E-state index is 0.118. The fourth-order valence-electron chi connectivity index (χ4n) is 3.46. The third-order valence-electron chi connectivity index (χ3n) is 4.42. The molecule has 2 atom stereocenters. The molecule has 0 fully saturated rings. The van der Waals surface area contributed by atoms with Crippen LogP contribution in [0, 0.1) is 0 Å². The molecule has 0 saturated heterocycles. The summed E-state index contributed by atoms with van der Waals surface area (Å²) in [5, 5.41) is 9.82. The van der Waals surface area contributed by atoms with Crippen molar-refractivity contribution in [1.82, 2.24) is 9.88 Å².